The van der Waals surface area contributed by atoms with Crippen molar-refractivity contribution in [2.24, 2.45) is 0 Å². The lowest BCUT2D eigenvalue weighted by atomic mass is 10.00. The van der Waals surface area contributed by atoms with Gasteiger partial charge in [-0.25, -0.2) is 18.1 Å². The molecule has 4 aromatic rings. The maximum atomic E-state index is 13.2. The van der Waals surface area contributed by atoms with Gasteiger partial charge in [0.1, 0.15) is 5.75 Å². The molecule has 0 radical (unpaired) electrons. The lowest BCUT2D eigenvalue weighted by Gasteiger charge is -2.26. The highest BCUT2D eigenvalue weighted by Gasteiger charge is 2.22. The van der Waals surface area contributed by atoms with Gasteiger partial charge in [0.05, 0.1) is 15.6 Å². The molecule has 0 aliphatic carbocycles. The van der Waals surface area contributed by atoms with Crippen molar-refractivity contribution in [3.8, 4) is 22.9 Å². The number of hydrogen-bond acceptors (Lipinski definition) is 7. The Bertz CT molecular complexity index is 1700. The Labute approximate surface area is 244 Å². The van der Waals surface area contributed by atoms with Crippen LogP contribution < -0.4 is 15.2 Å². The second-order valence-electron chi connectivity index (χ2n) is 9.96. The summed E-state index contributed by atoms with van der Waals surface area (Å²) in [6.45, 7) is 5.29. The number of hydrogen-bond donors (Lipinski definition) is 2. The van der Waals surface area contributed by atoms with Crippen LogP contribution in [0.4, 0.5) is 11.6 Å². The maximum Gasteiger partial charge on any atom is 0.264 e. The van der Waals surface area contributed by atoms with Gasteiger partial charge in [0, 0.05) is 36.0 Å². The van der Waals surface area contributed by atoms with Gasteiger partial charge in [0.25, 0.3) is 15.9 Å². The van der Waals surface area contributed by atoms with E-state index in [1.807, 2.05) is 36.9 Å². The number of nitrogens with one attached hydrogen (secondary N) is 1. The predicted molar refractivity (Wildman–Crippen MR) is 160 cm³/mol. The summed E-state index contributed by atoms with van der Waals surface area (Å²) in [5.74, 6) is -0.0299. The first-order valence-corrected chi connectivity index (χ1v) is 15.1. The van der Waals surface area contributed by atoms with Crippen molar-refractivity contribution < 1.29 is 17.9 Å². The molecule has 1 fully saturated rings. The second-order valence-corrected chi connectivity index (χ2v) is 12.0. The SMILES string of the molecule is Cc1cccc(C)c1-c1cc(Oc2cc(C(=O)N3CCCCC3)ccc2Cl)nc(NS(=O)(=O)c2cccc(N)c2)n1. The monoisotopic (exact) mass is 591 g/mol. The molecule has 0 atom stereocenters. The number of likely N-dealkylation sites (tertiary alicyclic amines) is 1. The predicted octanol–water partition coefficient (Wildman–Crippen LogP) is 6.22. The van der Waals surface area contributed by atoms with Gasteiger partial charge >= 0.3 is 0 Å². The number of amides is 1. The average Bonchev–Trinajstić information content (AvgIpc) is 2.94. The normalized spacial score (nSPS) is 13.6. The zero-order chi connectivity index (χ0) is 29.1. The van der Waals surface area contributed by atoms with Crippen LogP contribution in [-0.2, 0) is 10.0 Å². The average molecular weight is 592 g/mol. The molecule has 0 saturated carbocycles. The van der Waals surface area contributed by atoms with Crippen LogP contribution in [0.15, 0.2) is 71.6 Å². The summed E-state index contributed by atoms with van der Waals surface area (Å²) in [4.78, 5) is 23.8. The zero-order valence-corrected chi connectivity index (χ0v) is 24.3. The molecule has 0 unspecified atom stereocenters. The van der Waals surface area contributed by atoms with Gasteiger partial charge in [-0.3, -0.25) is 4.79 Å². The fraction of sp³-hybridized carbons (Fsp3) is 0.233. The third kappa shape index (κ3) is 6.44. The van der Waals surface area contributed by atoms with Crippen molar-refractivity contribution in [2.75, 3.05) is 23.5 Å². The van der Waals surface area contributed by atoms with Crippen molar-refractivity contribution in [2.45, 2.75) is 38.0 Å². The number of benzene rings is 3. The van der Waals surface area contributed by atoms with Crippen LogP contribution in [0.2, 0.25) is 5.02 Å². The van der Waals surface area contributed by atoms with Crippen LogP contribution in [-0.4, -0.2) is 42.3 Å². The number of rotatable bonds is 7. The fourth-order valence-electron chi connectivity index (χ4n) is 4.84. The molecule has 1 aliphatic heterocycles. The Balaban J connectivity index is 1.54. The number of carbonyl (C=O) groups is 1. The standard InChI is InChI=1S/C30H30ClN5O4S/c1-19-8-6-9-20(2)28(19)25-18-27(34-30(33-25)35-41(38,39)23-11-7-10-22(32)17-23)40-26-16-21(12-13-24(26)31)29(37)36-14-4-3-5-15-36/h6-13,16-18H,3-5,14-15,32H2,1-2H3,(H,33,34,35). The van der Waals surface area contributed by atoms with Crippen molar-refractivity contribution >= 4 is 39.2 Å². The van der Waals surface area contributed by atoms with Crippen molar-refractivity contribution in [3.63, 3.8) is 0 Å². The molecule has 1 saturated heterocycles. The topological polar surface area (TPSA) is 128 Å². The smallest absolute Gasteiger partial charge is 0.264 e. The molecule has 41 heavy (non-hydrogen) atoms. The van der Waals surface area contributed by atoms with E-state index >= 15 is 0 Å². The minimum Gasteiger partial charge on any atom is -0.437 e. The molecule has 3 N–H and O–H groups in total. The van der Waals surface area contributed by atoms with Crippen LogP contribution >= 0.6 is 11.6 Å². The molecule has 1 amide bonds. The molecule has 212 valence electrons. The number of nitrogens with two attached hydrogens (primary N) is 1. The highest BCUT2D eigenvalue weighted by molar-refractivity contribution is 7.92. The molecular formula is C30H30ClN5O4S. The molecule has 0 spiro atoms. The van der Waals surface area contributed by atoms with Gasteiger partial charge in [-0.05, 0) is 80.6 Å². The van der Waals surface area contributed by atoms with E-state index in [0.717, 1.165) is 36.0 Å². The first-order chi connectivity index (χ1) is 19.6. The number of aromatic nitrogens is 2. The lowest BCUT2D eigenvalue weighted by molar-refractivity contribution is 0.0724. The second kappa shape index (κ2) is 11.8. The maximum absolute atomic E-state index is 13.2. The number of halogens is 1. The Morgan fingerprint density at radius 2 is 1.66 bits per heavy atom. The molecule has 11 heteroatoms. The number of anilines is 2. The third-order valence-corrected chi connectivity index (χ3v) is 8.51. The van der Waals surface area contributed by atoms with Crippen molar-refractivity contribution in [3.05, 3.63) is 88.4 Å². The van der Waals surface area contributed by atoms with E-state index in [-0.39, 0.29) is 33.4 Å². The molecule has 1 aromatic heterocycles. The number of nitrogens with zero attached hydrogens (tertiary/aromatic N) is 3. The van der Waals surface area contributed by atoms with Crippen molar-refractivity contribution in [1.29, 1.82) is 0 Å². The minimum absolute atomic E-state index is 0.0342. The van der Waals surface area contributed by atoms with Gasteiger partial charge in [-0.15, -0.1) is 0 Å². The van der Waals surface area contributed by atoms with Gasteiger partial charge in [0.15, 0.2) is 0 Å². The molecule has 2 heterocycles. The summed E-state index contributed by atoms with van der Waals surface area (Å²) >= 11 is 6.47. The van der Waals surface area contributed by atoms with Gasteiger partial charge in [0.2, 0.25) is 11.8 Å². The van der Waals surface area contributed by atoms with Gasteiger partial charge < -0.3 is 15.4 Å². The largest absolute Gasteiger partial charge is 0.437 e. The molecule has 0 bridgehead atoms. The summed E-state index contributed by atoms with van der Waals surface area (Å²) in [6.07, 6.45) is 3.05. The van der Waals surface area contributed by atoms with Crippen LogP contribution in [0, 0.1) is 13.8 Å². The summed E-state index contributed by atoms with van der Waals surface area (Å²) in [5.41, 5.74) is 9.68. The van der Waals surface area contributed by atoms with Gasteiger partial charge in [-0.2, -0.15) is 4.98 Å². The van der Waals surface area contributed by atoms with E-state index in [1.54, 1.807) is 36.4 Å². The Morgan fingerprint density at radius 1 is 0.951 bits per heavy atom. The highest BCUT2D eigenvalue weighted by Crippen LogP contribution is 2.34. The van der Waals surface area contributed by atoms with Crippen molar-refractivity contribution in [1.82, 2.24) is 14.9 Å². The Kier molecular flexibility index (Phi) is 8.14. The summed E-state index contributed by atoms with van der Waals surface area (Å²) in [6, 6.07) is 18.2. The number of piperidine rings is 1. The van der Waals surface area contributed by atoms with Crippen LogP contribution in [0.5, 0.6) is 11.6 Å². The van der Waals surface area contributed by atoms with E-state index in [0.29, 0.717) is 30.0 Å². The molecule has 3 aromatic carbocycles. The minimum atomic E-state index is -4.07. The first kappa shape index (κ1) is 28.4. The van der Waals surface area contributed by atoms with Crippen LogP contribution in [0.25, 0.3) is 11.3 Å². The quantitative estimate of drug-likeness (QED) is 0.244. The fourth-order valence-corrected chi connectivity index (χ4v) is 5.99. The summed E-state index contributed by atoms with van der Waals surface area (Å²) in [7, 11) is -4.07. The number of aryl methyl sites for hydroxylation is 2. The zero-order valence-electron chi connectivity index (χ0n) is 22.7. The summed E-state index contributed by atoms with van der Waals surface area (Å²) < 4.78 is 34.9. The van der Waals surface area contributed by atoms with E-state index in [1.165, 1.54) is 12.1 Å². The third-order valence-electron chi connectivity index (χ3n) is 6.87. The molecule has 9 nitrogen and oxygen atoms in total. The number of sulfonamides is 1. The first-order valence-electron chi connectivity index (χ1n) is 13.2. The van der Waals surface area contributed by atoms with E-state index in [2.05, 4.69) is 14.7 Å². The molecular weight excluding hydrogens is 562 g/mol. The molecule has 1 aliphatic rings. The molecule has 5 rings (SSSR count). The van der Waals surface area contributed by atoms with Gasteiger partial charge in [-0.1, -0.05) is 35.9 Å². The number of carbonyl (C=O) groups excluding carboxylic acids is 1. The number of nitrogen functional groups attached to an aromatic ring is 1. The lowest BCUT2D eigenvalue weighted by Crippen LogP contribution is -2.35. The van der Waals surface area contributed by atoms with E-state index in [9.17, 15) is 13.2 Å². The highest BCUT2D eigenvalue weighted by atomic mass is 35.5. The Hall–Kier alpha value is -4.15. The Morgan fingerprint density at radius 3 is 2.37 bits per heavy atom. The van der Waals surface area contributed by atoms with E-state index < -0.39 is 10.0 Å². The van der Waals surface area contributed by atoms with Crippen LogP contribution in [0.1, 0.15) is 40.7 Å². The number of ether oxygens (including phenoxy) is 1. The van der Waals surface area contributed by atoms with Crippen LogP contribution in [0.3, 0.4) is 0 Å². The van der Waals surface area contributed by atoms with E-state index in [4.69, 9.17) is 22.1 Å². The summed E-state index contributed by atoms with van der Waals surface area (Å²) in [5, 5.41) is 0.273.